The summed E-state index contributed by atoms with van der Waals surface area (Å²) < 4.78 is 0. The first-order chi connectivity index (χ1) is 8.85. The van der Waals surface area contributed by atoms with Crippen LogP contribution in [0.2, 0.25) is 0 Å². The van der Waals surface area contributed by atoms with Gasteiger partial charge in [-0.3, -0.25) is 4.90 Å². The molecule has 1 fully saturated rings. The van der Waals surface area contributed by atoms with Gasteiger partial charge < -0.3 is 5.32 Å². The molecule has 0 unspecified atom stereocenters. The van der Waals surface area contributed by atoms with Gasteiger partial charge in [0.25, 0.3) is 0 Å². The summed E-state index contributed by atoms with van der Waals surface area (Å²) in [5, 5.41) is 15.5. The van der Waals surface area contributed by atoms with E-state index in [4.69, 9.17) is 0 Å². The molecule has 0 bridgehead atoms. The molecular weight excluding hydrogens is 264 g/mol. The number of rotatable bonds is 6. The summed E-state index contributed by atoms with van der Waals surface area (Å²) in [7, 11) is 1.88. The number of thiophene rings is 1. The highest BCUT2D eigenvalue weighted by Crippen LogP contribution is 2.31. The second-order valence-electron chi connectivity index (χ2n) is 4.47. The van der Waals surface area contributed by atoms with Crippen molar-refractivity contribution in [1.82, 2.24) is 15.1 Å². The molecule has 0 aromatic carbocycles. The zero-order chi connectivity index (χ0) is 12.4. The Morgan fingerprint density at radius 1 is 1.39 bits per heavy atom. The third-order valence-corrected chi connectivity index (χ3v) is 4.81. The highest BCUT2D eigenvalue weighted by molar-refractivity contribution is 7.15. The lowest BCUT2D eigenvalue weighted by Gasteiger charge is -2.19. The molecule has 0 atom stereocenters. The van der Waals surface area contributed by atoms with E-state index in [-0.39, 0.29) is 0 Å². The Labute approximate surface area is 115 Å². The molecule has 2 aromatic heterocycles. The Bertz CT molecular complexity index is 490. The van der Waals surface area contributed by atoms with E-state index in [1.807, 2.05) is 18.4 Å². The molecule has 0 spiro atoms. The fourth-order valence-corrected chi connectivity index (χ4v) is 3.40. The summed E-state index contributed by atoms with van der Waals surface area (Å²) >= 11 is 3.48. The first-order valence-corrected chi connectivity index (χ1v) is 7.81. The van der Waals surface area contributed by atoms with E-state index in [2.05, 4.69) is 37.9 Å². The average Bonchev–Trinajstić information content (AvgIpc) is 2.92. The molecule has 0 amide bonds. The van der Waals surface area contributed by atoms with Crippen LogP contribution >= 0.6 is 22.7 Å². The van der Waals surface area contributed by atoms with E-state index >= 15 is 0 Å². The van der Waals surface area contributed by atoms with Gasteiger partial charge in [0, 0.05) is 24.5 Å². The molecule has 1 N–H and O–H groups in total. The molecule has 0 saturated heterocycles. The molecule has 4 nitrogen and oxygen atoms in total. The fraction of sp³-hybridized carbons (Fsp3) is 0.500. The number of nitrogens with one attached hydrogen (secondary N) is 1. The van der Waals surface area contributed by atoms with E-state index < -0.39 is 0 Å². The first-order valence-electron chi connectivity index (χ1n) is 6.11. The summed E-state index contributed by atoms with van der Waals surface area (Å²) in [6.07, 6.45) is 2.64. The molecule has 18 heavy (non-hydrogen) atoms. The molecule has 0 aliphatic heterocycles. The molecule has 6 heteroatoms. The van der Waals surface area contributed by atoms with Crippen molar-refractivity contribution in [3.8, 4) is 0 Å². The molecule has 1 aliphatic rings. The maximum absolute atomic E-state index is 4.23. The van der Waals surface area contributed by atoms with Gasteiger partial charge in [-0.2, -0.15) is 0 Å². The predicted molar refractivity (Wildman–Crippen MR) is 76.0 cm³/mol. The van der Waals surface area contributed by atoms with Crippen LogP contribution in [0.1, 0.15) is 22.7 Å². The lowest BCUT2D eigenvalue weighted by atomic mass is 10.4. The van der Waals surface area contributed by atoms with Crippen molar-refractivity contribution in [2.24, 2.45) is 0 Å². The fourth-order valence-electron chi connectivity index (χ4n) is 1.95. The molecule has 2 heterocycles. The summed E-state index contributed by atoms with van der Waals surface area (Å²) in [4.78, 5) is 3.95. The standard InChI is InChI=1S/C12H16N4S2/c1-13-12-15-14-11(18-12)8-16(9-4-5-9)7-10-3-2-6-17-10/h2-3,6,9H,4-5,7-8H2,1H3,(H,13,15). The van der Waals surface area contributed by atoms with Crippen molar-refractivity contribution < 1.29 is 0 Å². The molecule has 1 saturated carbocycles. The lowest BCUT2D eigenvalue weighted by Crippen LogP contribution is -2.24. The van der Waals surface area contributed by atoms with Crippen molar-refractivity contribution >= 4 is 27.8 Å². The third-order valence-electron chi connectivity index (χ3n) is 3.02. The molecule has 96 valence electrons. The highest BCUT2D eigenvalue weighted by Gasteiger charge is 2.29. The van der Waals surface area contributed by atoms with E-state index in [1.165, 1.54) is 17.7 Å². The van der Waals surface area contributed by atoms with Crippen molar-refractivity contribution in [3.05, 3.63) is 27.4 Å². The van der Waals surface area contributed by atoms with Crippen molar-refractivity contribution in [2.75, 3.05) is 12.4 Å². The topological polar surface area (TPSA) is 41.1 Å². The normalized spacial score (nSPS) is 15.2. The van der Waals surface area contributed by atoms with Crippen molar-refractivity contribution in [1.29, 1.82) is 0 Å². The van der Waals surface area contributed by atoms with Crippen LogP contribution in [0, 0.1) is 0 Å². The van der Waals surface area contributed by atoms with E-state index in [1.54, 1.807) is 11.3 Å². The summed E-state index contributed by atoms with van der Waals surface area (Å²) in [5.41, 5.74) is 0. The van der Waals surface area contributed by atoms with Crippen LogP contribution in [0.4, 0.5) is 5.13 Å². The molecule has 3 rings (SSSR count). The van der Waals surface area contributed by atoms with Crippen molar-refractivity contribution in [3.63, 3.8) is 0 Å². The molecule has 2 aromatic rings. The highest BCUT2D eigenvalue weighted by atomic mass is 32.1. The quantitative estimate of drug-likeness (QED) is 0.883. The number of aromatic nitrogens is 2. The smallest absolute Gasteiger partial charge is 0.205 e. The van der Waals surface area contributed by atoms with Crippen LogP contribution in [0.25, 0.3) is 0 Å². The molecular formula is C12H16N4S2. The van der Waals surface area contributed by atoms with Gasteiger partial charge >= 0.3 is 0 Å². The Morgan fingerprint density at radius 3 is 2.89 bits per heavy atom. The minimum Gasteiger partial charge on any atom is -0.363 e. The van der Waals surface area contributed by atoms with Crippen LogP contribution in [0.5, 0.6) is 0 Å². The zero-order valence-electron chi connectivity index (χ0n) is 10.3. The largest absolute Gasteiger partial charge is 0.363 e. The average molecular weight is 280 g/mol. The van der Waals surface area contributed by atoms with Crippen LogP contribution in [0.15, 0.2) is 17.5 Å². The Morgan fingerprint density at radius 2 is 2.28 bits per heavy atom. The van der Waals surface area contributed by atoms with Crippen LogP contribution in [-0.4, -0.2) is 28.2 Å². The van der Waals surface area contributed by atoms with Crippen LogP contribution in [-0.2, 0) is 13.1 Å². The van der Waals surface area contributed by atoms with Crippen molar-refractivity contribution in [2.45, 2.75) is 32.0 Å². The second-order valence-corrected chi connectivity index (χ2v) is 6.56. The minimum atomic E-state index is 0.744. The van der Waals surface area contributed by atoms with E-state index in [9.17, 15) is 0 Å². The van der Waals surface area contributed by atoms with Gasteiger partial charge in [-0.05, 0) is 24.3 Å². The van der Waals surface area contributed by atoms with Gasteiger partial charge in [0.1, 0.15) is 5.01 Å². The second kappa shape index (κ2) is 5.34. The maximum Gasteiger partial charge on any atom is 0.205 e. The van der Waals surface area contributed by atoms with E-state index in [0.717, 1.165) is 29.3 Å². The monoisotopic (exact) mass is 280 g/mol. The number of nitrogens with zero attached hydrogens (tertiary/aromatic N) is 3. The minimum absolute atomic E-state index is 0.744. The SMILES string of the molecule is CNc1nnc(CN(Cc2cccs2)C2CC2)s1. The maximum atomic E-state index is 4.23. The Balaban J connectivity index is 1.66. The van der Waals surface area contributed by atoms with Gasteiger partial charge in [0.2, 0.25) is 5.13 Å². The van der Waals surface area contributed by atoms with Crippen LogP contribution in [0.3, 0.4) is 0 Å². The number of anilines is 1. The molecule has 0 radical (unpaired) electrons. The third kappa shape index (κ3) is 2.88. The summed E-state index contributed by atoms with van der Waals surface area (Å²) in [6, 6.07) is 5.07. The number of hydrogen-bond donors (Lipinski definition) is 1. The Kier molecular flexibility index (Phi) is 3.58. The first kappa shape index (κ1) is 12.1. The predicted octanol–water partition coefficient (Wildman–Crippen LogP) is 2.81. The number of hydrogen-bond acceptors (Lipinski definition) is 6. The van der Waals surface area contributed by atoms with Crippen LogP contribution < -0.4 is 5.32 Å². The van der Waals surface area contributed by atoms with Gasteiger partial charge in [-0.15, -0.1) is 21.5 Å². The lowest BCUT2D eigenvalue weighted by molar-refractivity contribution is 0.247. The van der Waals surface area contributed by atoms with Gasteiger partial charge in [-0.25, -0.2) is 0 Å². The summed E-state index contributed by atoms with van der Waals surface area (Å²) in [5.74, 6) is 0. The zero-order valence-corrected chi connectivity index (χ0v) is 11.9. The van der Waals surface area contributed by atoms with Gasteiger partial charge in [0.05, 0.1) is 6.54 Å². The molecule has 1 aliphatic carbocycles. The van der Waals surface area contributed by atoms with E-state index in [0.29, 0.717) is 0 Å². The van der Waals surface area contributed by atoms with Gasteiger partial charge in [-0.1, -0.05) is 17.4 Å². The Hall–Kier alpha value is -0.980. The summed E-state index contributed by atoms with van der Waals surface area (Å²) in [6.45, 7) is 1.96. The van der Waals surface area contributed by atoms with Gasteiger partial charge in [0.15, 0.2) is 0 Å².